The van der Waals surface area contributed by atoms with Gasteiger partial charge in [-0.05, 0) is 55.8 Å². The van der Waals surface area contributed by atoms with E-state index < -0.39 is 55.0 Å². The monoisotopic (exact) mass is 850 g/mol. The van der Waals surface area contributed by atoms with Crippen LogP contribution in [0.4, 0.5) is 13.2 Å². The first kappa shape index (κ1) is 45.0. The summed E-state index contributed by atoms with van der Waals surface area (Å²) >= 11 is 1.30. The topological polar surface area (TPSA) is 144 Å². The number of aryl methyl sites for hydroxylation is 1. The van der Waals surface area contributed by atoms with Crippen LogP contribution in [0.3, 0.4) is 0 Å². The number of hydrogen-bond acceptors (Lipinski definition) is 12. The minimum Gasteiger partial charge on any atom is -0.447 e. The van der Waals surface area contributed by atoms with E-state index in [1.807, 2.05) is 6.07 Å². The highest BCUT2D eigenvalue weighted by atomic mass is 32.2. The molecule has 0 spiro atoms. The zero-order valence-electron chi connectivity index (χ0n) is 32.2. The van der Waals surface area contributed by atoms with E-state index in [0.717, 1.165) is 12.1 Å². The van der Waals surface area contributed by atoms with Crippen LogP contribution in [0.2, 0.25) is 0 Å². The Morgan fingerprint density at radius 2 is 1.80 bits per heavy atom. The lowest BCUT2D eigenvalue weighted by molar-refractivity contribution is -0.146. The van der Waals surface area contributed by atoms with Crippen molar-refractivity contribution >= 4 is 31.6 Å². The van der Waals surface area contributed by atoms with Gasteiger partial charge in [0.25, 0.3) is 0 Å². The Morgan fingerprint density at radius 3 is 2.44 bits per heavy atom. The van der Waals surface area contributed by atoms with Crippen molar-refractivity contribution in [3.05, 3.63) is 162 Å². The Balaban J connectivity index is 1.40. The van der Waals surface area contributed by atoms with Crippen molar-refractivity contribution in [2.45, 2.75) is 49.4 Å². The van der Waals surface area contributed by atoms with Crippen LogP contribution in [0.5, 0.6) is 0 Å². The molecule has 3 aromatic carbocycles. The number of phosphoric ester groups is 1. The number of carbonyl (C=O) groups is 1. The Labute approximate surface area is 344 Å². The van der Waals surface area contributed by atoms with Crippen molar-refractivity contribution in [1.82, 2.24) is 14.8 Å². The Bertz CT molecular complexity index is 2230. The number of allylic oxidation sites excluding steroid dienone is 2. The number of phosphoric acid groups is 1. The molecule has 0 N–H and O–H groups in total. The summed E-state index contributed by atoms with van der Waals surface area (Å²) in [6.45, 7) is 10.0. The zero-order valence-corrected chi connectivity index (χ0v) is 34.0. The Morgan fingerprint density at radius 1 is 1.05 bits per heavy atom. The summed E-state index contributed by atoms with van der Waals surface area (Å²) in [5, 5.41) is 12.1. The minimum absolute atomic E-state index is 0.0154. The lowest BCUT2D eigenvalue weighted by atomic mass is 9.89. The molecule has 0 saturated carbocycles. The molecule has 2 atom stereocenters. The van der Waals surface area contributed by atoms with Crippen LogP contribution in [0.25, 0.3) is 6.08 Å². The van der Waals surface area contributed by atoms with Crippen molar-refractivity contribution < 1.29 is 50.3 Å². The normalized spacial score (nSPS) is 17.4. The highest BCUT2D eigenvalue weighted by Gasteiger charge is 2.47. The summed E-state index contributed by atoms with van der Waals surface area (Å²) in [6.07, 6.45) is 11.1. The van der Waals surface area contributed by atoms with E-state index in [4.69, 9.17) is 33.0 Å². The second-order valence-electron chi connectivity index (χ2n) is 13.1. The number of esters is 1. The van der Waals surface area contributed by atoms with Crippen molar-refractivity contribution in [1.29, 1.82) is 5.26 Å². The van der Waals surface area contributed by atoms with Gasteiger partial charge in [-0.25, -0.2) is 32.2 Å². The van der Waals surface area contributed by atoms with Crippen molar-refractivity contribution in [2.24, 2.45) is 0 Å². The first-order valence-corrected chi connectivity index (χ1v) is 20.6. The average Bonchev–Trinajstić information content (AvgIpc) is 3.74. The van der Waals surface area contributed by atoms with Crippen LogP contribution in [0.1, 0.15) is 45.1 Å². The van der Waals surface area contributed by atoms with Crippen LogP contribution in [0.15, 0.2) is 111 Å². The molecule has 0 aliphatic carbocycles. The number of rotatable bonds is 20. The fraction of sp³-hybridized carbons (Fsp3) is 0.286. The lowest BCUT2D eigenvalue weighted by Crippen LogP contribution is -2.47. The second-order valence-corrected chi connectivity index (χ2v) is 16.4. The number of aromatic nitrogens is 3. The number of halogens is 3. The predicted molar refractivity (Wildman–Crippen MR) is 215 cm³/mol. The van der Waals surface area contributed by atoms with E-state index >= 15 is 4.39 Å². The molecule has 59 heavy (non-hydrogen) atoms. The molecule has 17 heteroatoms. The smallest absolute Gasteiger partial charge is 0.447 e. The van der Waals surface area contributed by atoms with Gasteiger partial charge in [0.05, 0.1) is 62.0 Å². The third-order valence-corrected chi connectivity index (χ3v) is 11.6. The first-order chi connectivity index (χ1) is 28.4. The van der Waals surface area contributed by atoms with E-state index in [1.54, 1.807) is 56.4 Å². The molecule has 12 nitrogen and oxygen atoms in total. The van der Waals surface area contributed by atoms with Gasteiger partial charge < -0.3 is 14.2 Å². The van der Waals surface area contributed by atoms with Crippen molar-refractivity contribution in [2.75, 3.05) is 26.4 Å². The number of ether oxygens (including phenoxy) is 3. The molecule has 4 aromatic rings. The summed E-state index contributed by atoms with van der Waals surface area (Å²) in [4.78, 5) is 18.5. The lowest BCUT2D eigenvalue weighted by Gasteiger charge is -2.40. The van der Waals surface area contributed by atoms with E-state index in [2.05, 4.69) is 23.2 Å². The molecule has 310 valence electrons. The third kappa shape index (κ3) is 12.2. The van der Waals surface area contributed by atoms with Gasteiger partial charge in [0, 0.05) is 22.4 Å². The first-order valence-electron chi connectivity index (χ1n) is 18.2. The van der Waals surface area contributed by atoms with E-state index in [1.165, 1.54) is 59.4 Å². The zero-order chi connectivity index (χ0) is 42.4. The van der Waals surface area contributed by atoms with Crippen LogP contribution in [0, 0.1) is 35.7 Å². The van der Waals surface area contributed by atoms with Gasteiger partial charge in [-0.15, -0.1) is 24.9 Å². The van der Waals surface area contributed by atoms with Crippen LogP contribution in [-0.4, -0.2) is 64.0 Å². The number of nitriles is 1. The van der Waals surface area contributed by atoms with Crippen molar-refractivity contribution in [3.63, 3.8) is 0 Å². The Hall–Kier alpha value is -5.11. The maximum Gasteiger partial charge on any atom is 0.475 e. The molecule has 1 aliphatic heterocycles. The molecule has 0 amide bonds. The molecule has 1 fully saturated rings. The van der Waals surface area contributed by atoms with Crippen LogP contribution >= 0.6 is 19.6 Å². The summed E-state index contributed by atoms with van der Waals surface area (Å²) in [5.41, 5.74) is -0.521. The van der Waals surface area contributed by atoms with Gasteiger partial charge in [0.15, 0.2) is 11.9 Å². The molecule has 5 rings (SSSR count). The van der Waals surface area contributed by atoms with Gasteiger partial charge in [-0.1, -0.05) is 54.1 Å². The molecular weight excluding hydrogens is 809 g/mol. The summed E-state index contributed by atoms with van der Waals surface area (Å²) in [6, 6.07) is 13.9. The molecular formula is C42H42F3N4O8PS. The van der Waals surface area contributed by atoms with Gasteiger partial charge in [0.2, 0.25) is 0 Å². The van der Waals surface area contributed by atoms with Crippen LogP contribution in [-0.2, 0) is 51.1 Å². The molecule has 0 unspecified atom stereocenters. The van der Waals surface area contributed by atoms with Gasteiger partial charge in [-0.2, -0.15) is 10.4 Å². The standard InChI is InChI=1S/C42H42F3N4O8PS/c1-5-17-54-58(51,55-18-6-2)56-23-33-13-11-29(3)19-36(33)41(50)57-42(26-49-28-47-27-48-49,37-16-15-34(43)21-39(37)45)30(4)59-35-24-52-40(53-25-35)10-8-7-9-32-14-12-31(22-46)20-38(32)44/h5-16,19-21,27-28,30,35,40H,1-2,17-18,23-26H2,3-4H3/t30-,35-,40-,42-/m1/s1. The highest BCUT2D eigenvalue weighted by molar-refractivity contribution is 8.00. The SMILES string of the molecule is C=CCOP(=O)(OCC=C)OCc1ccc(C)cc1C(=O)O[C@@](Cn1cncn1)(c1ccc(F)cc1F)[C@@H](C)S[C@H]1CO[C@H](C=CC=Cc2ccc(C#N)cc2F)OC1. The molecule has 0 radical (unpaired) electrons. The van der Waals surface area contributed by atoms with Crippen molar-refractivity contribution in [3.8, 4) is 6.07 Å². The fourth-order valence-corrected chi connectivity index (χ4v) is 8.36. The summed E-state index contributed by atoms with van der Waals surface area (Å²) < 4.78 is 94.0. The van der Waals surface area contributed by atoms with Crippen LogP contribution < -0.4 is 0 Å². The largest absolute Gasteiger partial charge is 0.475 e. The number of nitrogens with zero attached hydrogens (tertiary/aromatic N) is 4. The molecule has 1 aromatic heterocycles. The molecule has 1 saturated heterocycles. The van der Waals surface area contributed by atoms with Gasteiger partial charge in [-0.3, -0.25) is 13.6 Å². The molecule has 0 bridgehead atoms. The second kappa shape index (κ2) is 21.2. The molecule has 1 aliphatic rings. The summed E-state index contributed by atoms with van der Waals surface area (Å²) in [5.74, 6) is -3.22. The van der Waals surface area contributed by atoms with E-state index in [-0.39, 0.29) is 60.5 Å². The summed E-state index contributed by atoms with van der Waals surface area (Å²) in [7, 11) is -4.14. The minimum atomic E-state index is -4.14. The highest BCUT2D eigenvalue weighted by Crippen LogP contribution is 2.50. The number of thioether (sulfide) groups is 1. The Kier molecular flexibility index (Phi) is 16.2. The number of benzene rings is 3. The van der Waals surface area contributed by atoms with Gasteiger partial charge >= 0.3 is 13.8 Å². The number of carbonyl (C=O) groups excluding carboxylic acids is 1. The average molecular weight is 851 g/mol. The van der Waals surface area contributed by atoms with E-state index in [0.29, 0.717) is 17.2 Å². The maximum atomic E-state index is 16.1. The quantitative estimate of drug-likeness (QED) is 0.0363. The van der Waals surface area contributed by atoms with Gasteiger partial charge in [0.1, 0.15) is 30.1 Å². The van der Waals surface area contributed by atoms with E-state index in [9.17, 15) is 18.1 Å². The molecule has 2 heterocycles. The third-order valence-electron chi connectivity index (χ3n) is 8.82. The fourth-order valence-electron chi connectivity index (χ4n) is 5.90. The maximum absolute atomic E-state index is 16.1. The number of hydrogen-bond donors (Lipinski definition) is 0. The predicted octanol–water partition coefficient (Wildman–Crippen LogP) is 8.79.